The average molecular weight is 380 g/mol. The first kappa shape index (κ1) is 18.8. The predicted molar refractivity (Wildman–Crippen MR) is 95.9 cm³/mol. The van der Waals surface area contributed by atoms with E-state index in [1.54, 1.807) is 12.1 Å². The summed E-state index contributed by atoms with van der Waals surface area (Å²) in [5.74, 6) is -0.558. The van der Waals surface area contributed by atoms with Gasteiger partial charge >= 0.3 is 5.97 Å². The molecule has 7 nitrogen and oxygen atoms in total. The number of nitrogens with one attached hydrogen (secondary N) is 1. The third-order valence-corrected chi connectivity index (χ3v) is 6.81. The minimum absolute atomic E-state index is 0.0969. The summed E-state index contributed by atoms with van der Waals surface area (Å²) in [6.07, 6.45) is 1.66. The van der Waals surface area contributed by atoms with Crippen LogP contribution >= 0.6 is 0 Å². The van der Waals surface area contributed by atoms with Crippen molar-refractivity contribution in [1.82, 2.24) is 4.31 Å². The van der Waals surface area contributed by atoms with E-state index >= 15 is 0 Å². The largest absolute Gasteiger partial charge is 0.452 e. The number of anilines is 1. The second-order valence-electron chi connectivity index (χ2n) is 7.02. The molecule has 142 valence electrons. The van der Waals surface area contributed by atoms with Crippen LogP contribution in [-0.4, -0.2) is 43.8 Å². The predicted octanol–water partition coefficient (Wildman–Crippen LogP) is 2.00. The summed E-state index contributed by atoms with van der Waals surface area (Å²) in [7, 11) is -3.47. The van der Waals surface area contributed by atoms with E-state index in [2.05, 4.69) is 5.32 Å². The van der Waals surface area contributed by atoms with Crippen molar-refractivity contribution in [2.75, 3.05) is 18.4 Å². The fourth-order valence-electron chi connectivity index (χ4n) is 3.00. The van der Waals surface area contributed by atoms with Gasteiger partial charge in [-0.15, -0.1) is 0 Å². The molecule has 1 N–H and O–H groups in total. The minimum Gasteiger partial charge on any atom is -0.452 e. The van der Waals surface area contributed by atoms with Gasteiger partial charge in [-0.1, -0.05) is 6.92 Å². The highest BCUT2D eigenvalue weighted by atomic mass is 32.2. The Bertz CT molecular complexity index is 784. The summed E-state index contributed by atoms with van der Waals surface area (Å²) in [4.78, 5) is 24.1. The molecule has 1 amide bonds. The van der Waals surface area contributed by atoms with Gasteiger partial charge in [-0.2, -0.15) is 4.31 Å². The number of carbonyl (C=O) groups is 2. The molecule has 2 aliphatic rings. The summed E-state index contributed by atoms with van der Waals surface area (Å²) in [5.41, 5.74) is 0.457. The van der Waals surface area contributed by atoms with Gasteiger partial charge < -0.3 is 10.1 Å². The van der Waals surface area contributed by atoms with Gasteiger partial charge in [0.15, 0.2) is 6.10 Å². The lowest BCUT2D eigenvalue weighted by molar-refractivity contribution is -0.154. The molecule has 1 saturated heterocycles. The Morgan fingerprint density at radius 2 is 1.77 bits per heavy atom. The fourth-order valence-corrected chi connectivity index (χ4v) is 4.51. The molecule has 0 aromatic heterocycles. The number of hydrogen-bond donors (Lipinski definition) is 1. The molecule has 1 aliphatic carbocycles. The van der Waals surface area contributed by atoms with Crippen LogP contribution in [0.4, 0.5) is 5.69 Å². The van der Waals surface area contributed by atoms with Crippen LogP contribution in [0.2, 0.25) is 0 Å². The Kier molecular flexibility index (Phi) is 5.34. The zero-order chi connectivity index (χ0) is 18.9. The number of ether oxygens (including phenoxy) is 1. The molecule has 1 aliphatic heterocycles. The molecule has 0 radical (unpaired) electrons. The highest BCUT2D eigenvalue weighted by Gasteiger charge is 2.41. The molecule has 1 heterocycles. The molecule has 1 saturated carbocycles. The van der Waals surface area contributed by atoms with E-state index in [-0.39, 0.29) is 16.8 Å². The van der Waals surface area contributed by atoms with Crippen LogP contribution in [0.25, 0.3) is 0 Å². The van der Waals surface area contributed by atoms with E-state index in [4.69, 9.17) is 4.74 Å². The van der Waals surface area contributed by atoms with Crippen molar-refractivity contribution in [1.29, 1.82) is 0 Å². The molecule has 1 aromatic carbocycles. The second kappa shape index (κ2) is 7.36. The molecule has 1 aromatic rings. The number of carbonyl (C=O) groups excluding carboxylic acids is 2. The zero-order valence-electron chi connectivity index (χ0n) is 15.0. The third kappa shape index (κ3) is 4.07. The van der Waals surface area contributed by atoms with Crippen molar-refractivity contribution < 1.29 is 22.7 Å². The lowest BCUT2D eigenvalue weighted by Gasteiger charge is -2.16. The molecular formula is C18H24N2O5S. The highest BCUT2D eigenvalue weighted by molar-refractivity contribution is 7.89. The minimum atomic E-state index is -3.47. The van der Waals surface area contributed by atoms with Crippen molar-refractivity contribution in [3.8, 4) is 0 Å². The van der Waals surface area contributed by atoms with E-state index in [0.717, 1.165) is 19.3 Å². The molecule has 0 bridgehead atoms. The molecule has 3 rings (SSSR count). The van der Waals surface area contributed by atoms with Gasteiger partial charge in [-0.25, -0.2) is 8.42 Å². The Balaban J connectivity index is 1.58. The lowest BCUT2D eigenvalue weighted by atomic mass is 10.3. The number of hydrogen-bond acceptors (Lipinski definition) is 5. The second-order valence-corrected chi connectivity index (χ2v) is 8.96. The number of amides is 1. The first-order valence-electron chi connectivity index (χ1n) is 8.90. The molecule has 0 unspecified atom stereocenters. The summed E-state index contributed by atoms with van der Waals surface area (Å²) in [6, 6.07) is 6.04. The van der Waals surface area contributed by atoms with Gasteiger partial charge in [-0.3, -0.25) is 9.59 Å². The maximum Gasteiger partial charge on any atom is 0.309 e. The number of esters is 1. The van der Waals surface area contributed by atoms with Gasteiger partial charge in [0.05, 0.1) is 10.8 Å². The number of nitrogens with zero attached hydrogens (tertiary/aromatic N) is 1. The lowest BCUT2D eigenvalue weighted by Crippen LogP contribution is -2.30. The van der Waals surface area contributed by atoms with E-state index < -0.39 is 22.0 Å². The van der Waals surface area contributed by atoms with Crippen molar-refractivity contribution in [2.45, 2.75) is 44.1 Å². The van der Waals surface area contributed by atoms with E-state index in [0.29, 0.717) is 24.7 Å². The van der Waals surface area contributed by atoms with Crippen molar-refractivity contribution >= 4 is 27.6 Å². The standard InChI is InChI=1S/C18H24N2O5S/c1-12-11-16(12)18(22)25-13(2)17(21)19-14-5-7-15(8-6-14)26(23,24)20-9-3-4-10-20/h5-8,12-13,16H,3-4,9-11H2,1-2H3,(H,19,21)/t12-,13-,16-/m0/s1. The molecule has 3 atom stereocenters. The van der Waals surface area contributed by atoms with Gasteiger partial charge in [-0.05, 0) is 56.4 Å². The van der Waals surface area contributed by atoms with Gasteiger partial charge in [0.1, 0.15) is 0 Å². The molecular weight excluding hydrogens is 356 g/mol. The fraction of sp³-hybridized carbons (Fsp3) is 0.556. The van der Waals surface area contributed by atoms with E-state index in [1.807, 2.05) is 6.92 Å². The molecule has 8 heteroatoms. The van der Waals surface area contributed by atoms with Crippen LogP contribution in [0, 0.1) is 11.8 Å². The molecule has 0 spiro atoms. The van der Waals surface area contributed by atoms with Crippen LogP contribution < -0.4 is 5.32 Å². The van der Waals surface area contributed by atoms with Gasteiger partial charge in [0.2, 0.25) is 10.0 Å². The first-order chi connectivity index (χ1) is 12.3. The Morgan fingerprint density at radius 3 is 2.31 bits per heavy atom. The quantitative estimate of drug-likeness (QED) is 0.762. The summed E-state index contributed by atoms with van der Waals surface area (Å²) >= 11 is 0. The number of rotatable bonds is 6. The number of sulfonamides is 1. The monoisotopic (exact) mass is 380 g/mol. The Labute approximate surface area is 153 Å². The van der Waals surface area contributed by atoms with E-state index in [1.165, 1.54) is 23.4 Å². The van der Waals surface area contributed by atoms with Crippen LogP contribution in [-0.2, 0) is 24.3 Å². The van der Waals surface area contributed by atoms with Gasteiger partial charge in [0, 0.05) is 18.8 Å². The number of benzene rings is 1. The highest BCUT2D eigenvalue weighted by Crippen LogP contribution is 2.38. The van der Waals surface area contributed by atoms with Crippen LogP contribution in [0.3, 0.4) is 0 Å². The maximum atomic E-state index is 12.5. The molecule has 26 heavy (non-hydrogen) atoms. The smallest absolute Gasteiger partial charge is 0.309 e. The van der Waals surface area contributed by atoms with Crippen LogP contribution in [0.5, 0.6) is 0 Å². The van der Waals surface area contributed by atoms with Crippen molar-refractivity contribution in [2.24, 2.45) is 11.8 Å². The maximum absolute atomic E-state index is 12.5. The van der Waals surface area contributed by atoms with Crippen LogP contribution in [0.1, 0.15) is 33.1 Å². The van der Waals surface area contributed by atoms with Crippen LogP contribution in [0.15, 0.2) is 29.2 Å². The SMILES string of the molecule is C[C@H](OC(=O)[C@H]1C[C@@H]1C)C(=O)Nc1ccc(S(=O)(=O)N2CCCC2)cc1. The zero-order valence-corrected chi connectivity index (χ0v) is 15.8. The third-order valence-electron chi connectivity index (χ3n) is 4.90. The van der Waals surface area contributed by atoms with Crippen molar-refractivity contribution in [3.63, 3.8) is 0 Å². The Hall–Kier alpha value is -1.93. The summed E-state index contributed by atoms with van der Waals surface area (Å²) in [5, 5.41) is 2.64. The summed E-state index contributed by atoms with van der Waals surface area (Å²) < 4.78 is 31.6. The van der Waals surface area contributed by atoms with Crippen molar-refractivity contribution in [3.05, 3.63) is 24.3 Å². The average Bonchev–Trinajstić information content (AvgIpc) is 3.10. The molecule has 2 fully saturated rings. The van der Waals surface area contributed by atoms with Gasteiger partial charge in [0.25, 0.3) is 5.91 Å². The first-order valence-corrected chi connectivity index (χ1v) is 10.3. The van der Waals surface area contributed by atoms with E-state index in [9.17, 15) is 18.0 Å². The summed E-state index contributed by atoms with van der Waals surface area (Å²) in [6.45, 7) is 4.58. The Morgan fingerprint density at radius 1 is 1.19 bits per heavy atom. The normalized spacial score (nSPS) is 24.1. The topological polar surface area (TPSA) is 92.8 Å².